The summed E-state index contributed by atoms with van der Waals surface area (Å²) < 4.78 is 0. The maximum absolute atomic E-state index is 6.11. The van der Waals surface area contributed by atoms with Crippen LogP contribution < -0.4 is 5.73 Å². The van der Waals surface area contributed by atoms with Crippen molar-refractivity contribution in [3.63, 3.8) is 0 Å². The van der Waals surface area contributed by atoms with Gasteiger partial charge in [-0.15, -0.1) is 0 Å². The number of hydrogen-bond donors (Lipinski definition) is 1. The molecular weight excluding hydrogens is 210 g/mol. The van der Waals surface area contributed by atoms with Crippen LogP contribution in [0.15, 0.2) is 24.4 Å². The number of hydrogen-bond acceptors (Lipinski definition) is 3. The van der Waals surface area contributed by atoms with Crippen LogP contribution >= 0.6 is 0 Å². The molecule has 2 heterocycles. The van der Waals surface area contributed by atoms with Crippen molar-refractivity contribution < 1.29 is 0 Å². The summed E-state index contributed by atoms with van der Waals surface area (Å²) in [6.07, 6.45) is 5.67. The molecule has 1 aromatic heterocycles. The number of nitrogens with zero attached hydrogens (tertiary/aromatic N) is 2. The van der Waals surface area contributed by atoms with Gasteiger partial charge in [-0.3, -0.25) is 9.88 Å². The standard InChI is InChI=1S/C14H23N3/c1-11(15)14-8-4-6-10-17(14)12(2)13-7-3-5-9-16-13/h3,5,7,9,11-12,14H,4,6,8,10,15H2,1-2H3. The second-order valence-electron chi connectivity index (χ2n) is 5.09. The quantitative estimate of drug-likeness (QED) is 0.871. The van der Waals surface area contributed by atoms with E-state index < -0.39 is 0 Å². The molecule has 2 N–H and O–H groups in total. The van der Waals surface area contributed by atoms with Gasteiger partial charge in [0.1, 0.15) is 0 Å². The highest BCUT2D eigenvalue weighted by molar-refractivity contribution is 5.09. The third-order valence-electron chi connectivity index (χ3n) is 3.81. The highest BCUT2D eigenvalue weighted by Crippen LogP contribution is 2.28. The van der Waals surface area contributed by atoms with Crippen molar-refractivity contribution >= 4 is 0 Å². The SMILES string of the molecule is CC(N)C1CCCCN1C(C)c1ccccn1. The third kappa shape index (κ3) is 2.85. The number of nitrogens with two attached hydrogens (primary N) is 1. The van der Waals surface area contributed by atoms with Gasteiger partial charge < -0.3 is 5.73 Å². The predicted octanol–water partition coefficient (Wildman–Crippen LogP) is 2.34. The van der Waals surface area contributed by atoms with Crippen LogP contribution in [-0.2, 0) is 0 Å². The lowest BCUT2D eigenvalue weighted by atomic mass is 9.94. The summed E-state index contributed by atoms with van der Waals surface area (Å²) in [5, 5.41) is 0. The van der Waals surface area contributed by atoms with Crippen LogP contribution in [-0.4, -0.2) is 28.5 Å². The number of aromatic nitrogens is 1. The van der Waals surface area contributed by atoms with Crippen molar-refractivity contribution in [1.29, 1.82) is 0 Å². The van der Waals surface area contributed by atoms with Gasteiger partial charge >= 0.3 is 0 Å². The smallest absolute Gasteiger partial charge is 0.0572 e. The first-order chi connectivity index (χ1) is 8.20. The second kappa shape index (κ2) is 5.61. The van der Waals surface area contributed by atoms with Gasteiger partial charge in [0.25, 0.3) is 0 Å². The van der Waals surface area contributed by atoms with Crippen LogP contribution in [0.3, 0.4) is 0 Å². The van der Waals surface area contributed by atoms with E-state index in [0.717, 1.165) is 12.2 Å². The normalized spacial score (nSPS) is 25.5. The third-order valence-corrected chi connectivity index (χ3v) is 3.81. The van der Waals surface area contributed by atoms with E-state index in [9.17, 15) is 0 Å². The maximum atomic E-state index is 6.11. The van der Waals surface area contributed by atoms with Crippen LogP contribution in [0.2, 0.25) is 0 Å². The van der Waals surface area contributed by atoms with Gasteiger partial charge in [0.2, 0.25) is 0 Å². The second-order valence-corrected chi connectivity index (χ2v) is 5.09. The molecule has 1 fully saturated rings. The van der Waals surface area contributed by atoms with Gasteiger partial charge in [-0.25, -0.2) is 0 Å². The van der Waals surface area contributed by atoms with Crippen LogP contribution in [0.1, 0.15) is 44.8 Å². The Hall–Kier alpha value is -0.930. The highest BCUT2D eigenvalue weighted by atomic mass is 15.2. The molecule has 0 radical (unpaired) electrons. The summed E-state index contributed by atoms with van der Waals surface area (Å²) in [5.41, 5.74) is 7.26. The fraction of sp³-hybridized carbons (Fsp3) is 0.643. The minimum Gasteiger partial charge on any atom is -0.327 e. The molecule has 1 aliphatic heterocycles. The molecule has 3 nitrogen and oxygen atoms in total. The molecule has 3 heteroatoms. The van der Waals surface area contributed by atoms with Gasteiger partial charge in [0.05, 0.1) is 5.69 Å². The van der Waals surface area contributed by atoms with E-state index in [0.29, 0.717) is 12.1 Å². The molecular formula is C14H23N3. The average Bonchev–Trinajstić information content (AvgIpc) is 2.39. The number of piperidine rings is 1. The first-order valence-electron chi connectivity index (χ1n) is 6.62. The topological polar surface area (TPSA) is 42.1 Å². The summed E-state index contributed by atoms with van der Waals surface area (Å²) in [4.78, 5) is 6.99. The van der Waals surface area contributed by atoms with E-state index in [2.05, 4.69) is 35.9 Å². The van der Waals surface area contributed by atoms with Crippen LogP contribution in [0.5, 0.6) is 0 Å². The minimum atomic E-state index is 0.237. The molecule has 3 unspecified atom stereocenters. The Morgan fingerprint density at radius 1 is 1.35 bits per heavy atom. The average molecular weight is 233 g/mol. The largest absolute Gasteiger partial charge is 0.327 e. The fourth-order valence-corrected chi connectivity index (χ4v) is 2.82. The predicted molar refractivity (Wildman–Crippen MR) is 70.6 cm³/mol. The van der Waals surface area contributed by atoms with Gasteiger partial charge in [0.15, 0.2) is 0 Å². The zero-order chi connectivity index (χ0) is 12.3. The summed E-state index contributed by atoms with van der Waals surface area (Å²) >= 11 is 0. The Labute approximate surface area is 104 Å². The van der Waals surface area contributed by atoms with E-state index in [1.165, 1.54) is 19.3 Å². The Morgan fingerprint density at radius 2 is 2.18 bits per heavy atom. The van der Waals surface area contributed by atoms with Crippen molar-refractivity contribution in [3.8, 4) is 0 Å². The van der Waals surface area contributed by atoms with Crippen molar-refractivity contribution in [2.75, 3.05) is 6.54 Å². The zero-order valence-electron chi connectivity index (χ0n) is 10.8. The van der Waals surface area contributed by atoms with Crippen molar-refractivity contribution in [2.45, 2.75) is 51.2 Å². The van der Waals surface area contributed by atoms with Crippen LogP contribution in [0.4, 0.5) is 0 Å². The molecule has 0 bridgehead atoms. The van der Waals surface area contributed by atoms with Crippen molar-refractivity contribution in [3.05, 3.63) is 30.1 Å². The Bertz CT molecular complexity index is 337. The molecule has 17 heavy (non-hydrogen) atoms. The van der Waals surface area contributed by atoms with E-state index in [1.54, 1.807) is 0 Å². The Kier molecular flexibility index (Phi) is 4.13. The summed E-state index contributed by atoms with van der Waals surface area (Å²) in [6, 6.07) is 7.24. The van der Waals surface area contributed by atoms with E-state index >= 15 is 0 Å². The highest BCUT2D eigenvalue weighted by Gasteiger charge is 2.29. The first-order valence-corrected chi connectivity index (χ1v) is 6.62. The van der Waals surface area contributed by atoms with Gasteiger partial charge in [-0.05, 0) is 45.4 Å². The fourth-order valence-electron chi connectivity index (χ4n) is 2.82. The van der Waals surface area contributed by atoms with E-state index in [4.69, 9.17) is 5.73 Å². The molecule has 0 aliphatic carbocycles. The van der Waals surface area contributed by atoms with E-state index in [-0.39, 0.29) is 6.04 Å². The number of likely N-dealkylation sites (tertiary alicyclic amines) is 1. The summed E-state index contributed by atoms with van der Waals surface area (Å²) in [6.45, 7) is 5.50. The minimum absolute atomic E-state index is 0.237. The van der Waals surface area contributed by atoms with Crippen molar-refractivity contribution in [2.24, 2.45) is 5.73 Å². The lowest BCUT2D eigenvalue weighted by Gasteiger charge is -2.41. The lowest BCUT2D eigenvalue weighted by molar-refractivity contribution is 0.0871. The monoisotopic (exact) mass is 233 g/mol. The molecule has 0 saturated carbocycles. The van der Waals surface area contributed by atoms with Crippen LogP contribution in [0.25, 0.3) is 0 Å². The van der Waals surface area contributed by atoms with Gasteiger partial charge in [0, 0.05) is 24.3 Å². The molecule has 94 valence electrons. The molecule has 0 amide bonds. The summed E-state index contributed by atoms with van der Waals surface area (Å²) in [7, 11) is 0. The van der Waals surface area contributed by atoms with Crippen LogP contribution in [0, 0.1) is 0 Å². The van der Waals surface area contributed by atoms with Crippen molar-refractivity contribution in [1.82, 2.24) is 9.88 Å². The maximum Gasteiger partial charge on any atom is 0.0572 e. The number of rotatable bonds is 3. The molecule has 1 saturated heterocycles. The lowest BCUT2D eigenvalue weighted by Crippen LogP contribution is -2.50. The van der Waals surface area contributed by atoms with Gasteiger partial charge in [-0.2, -0.15) is 0 Å². The Balaban J connectivity index is 2.14. The molecule has 0 aromatic carbocycles. The molecule has 1 aromatic rings. The first kappa shape index (κ1) is 12.5. The number of pyridine rings is 1. The summed E-state index contributed by atoms with van der Waals surface area (Å²) in [5.74, 6) is 0. The molecule has 2 rings (SSSR count). The Morgan fingerprint density at radius 3 is 2.82 bits per heavy atom. The van der Waals surface area contributed by atoms with E-state index in [1.807, 2.05) is 12.3 Å². The molecule has 0 spiro atoms. The molecule has 3 atom stereocenters. The van der Waals surface area contributed by atoms with Gasteiger partial charge in [-0.1, -0.05) is 12.5 Å². The molecule has 1 aliphatic rings. The zero-order valence-corrected chi connectivity index (χ0v) is 10.8.